The molecule has 1 aromatic carbocycles. The third-order valence-electron chi connectivity index (χ3n) is 7.40. The van der Waals surface area contributed by atoms with Crippen molar-refractivity contribution in [2.45, 2.75) is 77.2 Å². The summed E-state index contributed by atoms with van der Waals surface area (Å²) in [5.41, 5.74) is 3.79. The van der Waals surface area contributed by atoms with Crippen molar-refractivity contribution < 1.29 is 15.0 Å². The Kier molecular flexibility index (Phi) is 7.85. The van der Waals surface area contributed by atoms with E-state index in [2.05, 4.69) is 37.3 Å². The zero-order valence-corrected chi connectivity index (χ0v) is 19.9. The summed E-state index contributed by atoms with van der Waals surface area (Å²) in [6.45, 7) is 2.34. The molecular formula is C28H36O3S. The molecule has 4 atom stereocenters. The van der Waals surface area contributed by atoms with E-state index in [-0.39, 0.29) is 6.10 Å². The Hall–Kier alpha value is -1.91. The van der Waals surface area contributed by atoms with Gasteiger partial charge in [-0.05, 0) is 91.5 Å². The number of aliphatic hydroxyl groups excluding tert-OH is 1. The molecule has 172 valence electrons. The smallest absolute Gasteiger partial charge is 0.345 e. The molecular weight excluding hydrogens is 416 g/mol. The van der Waals surface area contributed by atoms with Crippen LogP contribution in [0.5, 0.6) is 0 Å². The molecule has 0 amide bonds. The fourth-order valence-electron chi connectivity index (χ4n) is 5.69. The zero-order chi connectivity index (χ0) is 22.5. The maximum atomic E-state index is 11.1. The van der Waals surface area contributed by atoms with Gasteiger partial charge in [-0.15, -0.1) is 11.3 Å². The van der Waals surface area contributed by atoms with Crippen molar-refractivity contribution in [1.82, 2.24) is 0 Å². The topological polar surface area (TPSA) is 57.5 Å². The molecule has 3 nitrogen and oxygen atoms in total. The van der Waals surface area contributed by atoms with Crippen LogP contribution >= 0.6 is 11.3 Å². The van der Waals surface area contributed by atoms with Crippen molar-refractivity contribution in [2.75, 3.05) is 0 Å². The summed E-state index contributed by atoms with van der Waals surface area (Å²) in [5, 5.41) is 19.9. The van der Waals surface area contributed by atoms with Crippen molar-refractivity contribution in [1.29, 1.82) is 0 Å². The first-order valence-electron chi connectivity index (χ1n) is 12.3. The highest BCUT2D eigenvalue weighted by Gasteiger charge is 2.23. The molecule has 1 fully saturated rings. The van der Waals surface area contributed by atoms with E-state index in [0.717, 1.165) is 48.5 Å². The summed E-state index contributed by atoms with van der Waals surface area (Å²) in [6.07, 6.45) is 13.6. The van der Waals surface area contributed by atoms with Gasteiger partial charge in [-0.1, -0.05) is 56.5 Å². The summed E-state index contributed by atoms with van der Waals surface area (Å²) in [4.78, 5) is 12.7. The SMILES string of the molecule is CC1CCCC(CC(O)c2ccc(C3=CCC[C@@H]3CCCc3ccc(C(=O)O)s3)cc2)C1. The highest BCUT2D eigenvalue weighted by molar-refractivity contribution is 7.13. The van der Waals surface area contributed by atoms with E-state index < -0.39 is 5.97 Å². The Bertz CT molecular complexity index is 926. The van der Waals surface area contributed by atoms with Gasteiger partial charge in [0.15, 0.2) is 0 Å². The second-order valence-electron chi connectivity index (χ2n) is 9.91. The van der Waals surface area contributed by atoms with E-state index in [1.54, 1.807) is 6.07 Å². The molecule has 0 aliphatic heterocycles. The van der Waals surface area contributed by atoms with Gasteiger partial charge in [0, 0.05) is 4.88 Å². The quantitative estimate of drug-likeness (QED) is 0.414. The van der Waals surface area contributed by atoms with Gasteiger partial charge < -0.3 is 10.2 Å². The van der Waals surface area contributed by atoms with Crippen LogP contribution in [0.1, 0.15) is 96.5 Å². The van der Waals surface area contributed by atoms with Crippen LogP contribution in [-0.4, -0.2) is 16.2 Å². The number of carboxylic acids is 1. The predicted octanol–water partition coefficient (Wildman–Crippen LogP) is 7.51. The number of allylic oxidation sites excluding steroid dienone is 2. The summed E-state index contributed by atoms with van der Waals surface area (Å²) < 4.78 is 0. The zero-order valence-electron chi connectivity index (χ0n) is 19.1. The molecule has 0 saturated heterocycles. The molecule has 1 aromatic heterocycles. The molecule has 2 N–H and O–H groups in total. The lowest BCUT2D eigenvalue weighted by molar-refractivity contribution is 0.0702. The fraction of sp³-hybridized carbons (Fsp3) is 0.536. The number of benzene rings is 1. The Morgan fingerprint density at radius 3 is 2.66 bits per heavy atom. The average molecular weight is 453 g/mol. The van der Waals surface area contributed by atoms with Crippen molar-refractivity contribution in [3.05, 3.63) is 63.4 Å². The second-order valence-corrected chi connectivity index (χ2v) is 11.1. The molecule has 0 radical (unpaired) electrons. The van der Waals surface area contributed by atoms with Crippen LogP contribution < -0.4 is 0 Å². The number of thiophene rings is 1. The maximum absolute atomic E-state index is 11.1. The molecule has 1 saturated carbocycles. The first-order valence-corrected chi connectivity index (χ1v) is 13.1. The molecule has 2 aliphatic rings. The average Bonchev–Trinajstić information content (AvgIpc) is 3.44. The number of aryl methyl sites for hydroxylation is 1. The second kappa shape index (κ2) is 10.8. The van der Waals surface area contributed by atoms with Gasteiger partial charge in [0.2, 0.25) is 0 Å². The minimum atomic E-state index is -0.830. The normalized spacial score (nSPS) is 24.3. The number of hydrogen-bond acceptors (Lipinski definition) is 3. The Morgan fingerprint density at radius 1 is 1.12 bits per heavy atom. The number of rotatable bonds is 9. The Labute approximate surface area is 196 Å². The molecule has 0 spiro atoms. The van der Waals surface area contributed by atoms with E-state index in [1.807, 2.05) is 6.07 Å². The molecule has 1 heterocycles. The molecule has 2 aliphatic carbocycles. The van der Waals surface area contributed by atoms with Crippen LogP contribution in [0, 0.1) is 17.8 Å². The summed E-state index contributed by atoms with van der Waals surface area (Å²) in [5.74, 6) is 1.21. The fourth-order valence-corrected chi connectivity index (χ4v) is 6.58. The molecule has 3 unspecified atom stereocenters. The standard InChI is InChI=1S/C28H36O3S/c1-19-5-2-6-20(17-19)18-26(29)23-13-11-22(12-14-23)25-10-4-8-21(25)7-3-9-24-15-16-27(32-24)28(30)31/h10-16,19-21,26,29H,2-9,17-18H2,1H3,(H,30,31)/t19?,20?,21-,26?/m0/s1. The first-order chi connectivity index (χ1) is 15.5. The lowest BCUT2D eigenvalue weighted by atomic mass is 9.79. The summed E-state index contributed by atoms with van der Waals surface area (Å²) in [7, 11) is 0. The molecule has 2 aromatic rings. The third-order valence-corrected chi connectivity index (χ3v) is 8.53. The van der Waals surface area contributed by atoms with E-state index >= 15 is 0 Å². The van der Waals surface area contributed by atoms with Crippen molar-refractivity contribution in [2.24, 2.45) is 17.8 Å². The molecule has 4 rings (SSSR count). The first kappa shape index (κ1) is 23.3. The predicted molar refractivity (Wildman–Crippen MR) is 132 cm³/mol. The summed E-state index contributed by atoms with van der Waals surface area (Å²) >= 11 is 1.40. The highest BCUT2D eigenvalue weighted by Crippen LogP contribution is 2.39. The van der Waals surface area contributed by atoms with Gasteiger partial charge in [-0.2, -0.15) is 0 Å². The van der Waals surface area contributed by atoms with Crippen LogP contribution in [0.3, 0.4) is 0 Å². The van der Waals surface area contributed by atoms with Crippen LogP contribution in [0.4, 0.5) is 0 Å². The van der Waals surface area contributed by atoms with Crippen LogP contribution in [-0.2, 0) is 6.42 Å². The van der Waals surface area contributed by atoms with Crippen molar-refractivity contribution >= 4 is 22.9 Å². The highest BCUT2D eigenvalue weighted by atomic mass is 32.1. The maximum Gasteiger partial charge on any atom is 0.345 e. The third kappa shape index (κ3) is 5.90. The number of aliphatic hydroxyl groups is 1. The monoisotopic (exact) mass is 452 g/mol. The van der Waals surface area contributed by atoms with Crippen molar-refractivity contribution in [3.8, 4) is 0 Å². The minimum absolute atomic E-state index is 0.353. The van der Waals surface area contributed by atoms with E-state index in [0.29, 0.717) is 16.7 Å². The lowest BCUT2D eigenvalue weighted by Gasteiger charge is -2.28. The van der Waals surface area contributed by atoms with Gasteiger partial charge >= 0.3 is 5.97 Å². The van der Waals surface area contributed by atoms with Crippen LogP contribution in [0.2, 0.25) is 0 Å². The Morgan fingerprint density at radius 2 is 1.94 bits per heavy atom. The van der Waals surface area contributed by atoms with Gasteiger partial charge in [0.1, 0.15) is 4.88 Å². The number of carbonyl (C=O) groups is 1. The number of hydrogen-bond donors (Lipinski definition) is 2. The van der Waals surface area contributed by atoms with E-state index in [1.165, 1.54) is 54.6 Å². The Balaban J connectivity index is 1.29. The molecule has 32 heavy (non-hydrogen) atoms. The number of aromatic carboxylic acids is 1. The van der Waals surface area contributed by atoms with E-state index in [9.17, 15) is 9.90 Å². The van der Waals surface area contributed by atoms with Crippen LogP contribution in [0.15, 0.2) is 42.5 Å². The number of carboxylic acid groups (broad SMARTS) is 1. The lowest BCUT2D eigenvalue weighted by Crippen LogP contribution is -2.16. The van der Waals surface area contributed by atoms with Crippen molar-refractivity contribution in [3.63, 3.8) is 0 Å². The minimum Gasteiger partial charge on any atom is -0.477 e. The van der Waals surface area contributed by atoms with Gasteiger partial charge in [0.05, 0.1) is 6.10 Å². The molecule has 4 heteroatoms. The van der Waals surface area contributed by atoms with Crippen LogP contribution in [0.25, 0.3) is 5.57 Å². The van der Waals surface area contributed by atoms with Gasteiger partial charge in [-0.25, -0.2) is 4.79 Å². The van der Waals surface area contributed by atoms with E-state index in [4.69, 9.17) is 5.11 Å². The molecule has 0 bridgehead atoms. The largest absolute Gasteiger partial charge is 0.477 e. The van der Waals surface area contributed by atoms with Gasteiger partial charge in [0.25, 0.3) is 0 Å². The summed E-state index contributed by atoms with van der Waals surface area (Å²) in [6, 6.07) is 12.3. The van der Waals surface area contributed by atoms with Gasteiger partial charge in [-0.3, -0.25) is 0 Å².